The van der Waals surface area contributed by atoms with E-state index in [-0.39, 0.29) is 24.9 Å². The molecule has 7 heteroatoms. The van der Waals surface area contributed by atoms with Gasteiger partial charge in [-0.1, -0.05) is 0 Å². The normalized spacial score (nSPS) is 26.6. The minimum atomic E-state index is -1.02. The molecule has 0 spiro atoms. The summed E-state index contributed by atoms with van der Waals surface area (Å²) in [4.78, 5) is 19.1. The average molecular weight is 248 g/mol. The van der Waals surface area contributed by atoms with Crippen molar-refractivity contribution in [1.29, 1.82) is 5.26 Å². The molecule has 2 N–H and O–H groups in total. The van der Waals surface area contributed by atoms with Crippen molar-refractivity contribution in [3.05, 3.63) is 18.0 Å². The van der Waals surface area contributed by atoms with Crippen LogP contribution in [-0.4, -0.2) is 40.3 Å². The van der Waals surface area contributed by atoms with Crippen molar-refractivity contribution in [2.45, 2.75) is 13.0 Å². The molecule has 2 unspecified atom stereocenters. The van der Waals surface area contributed by atoms with E-state index in [1.807, 2.05) is 6.07 Å². The maximum absolute atomic E-state index is 11.2. The van der Waals surface area contributed by atoms with Crippen LogP contribution in [0.2, 0.25) is 0 Å². The summed E-state index contributed by atoms with van der Waals surface area (Å²) in [7, 11) is 0. The maximum Gasteiger partial charge on any atom is 0.313 e. The van der Waals surface area contributed by atoms with Crippen LogP contribution in [0.1, 0.15) is 12.6 Å². The zero-order chi connectivity index (χ0) is 13.2. The first-order chi connectivity index (χ1) is 8.56. The number of hydrogen-bond acceptors (Lipinski definition) is 6. The molecule has 1 aliphatic rings. The highest BCUT2D eigenvalue weighted by molar-refractivity contribution is 5.76. The lowest BCUT2D eigenvalue weighted by atomic mass is 9.85. The van der Waals surface area contributed by atoms with E-state index < -0.39 is 17.4 Å². The second kappa shape index (κ2) is 4.58. The predicted octanol–water partition coefficient (Wildman–Crippen LogP) is 0.250. The highest BCUT2D eigenvalue weighted by Gasteiger charge is 2.47. The zero-order valence-electron chi connectivity index (χ0n) is 9.75. The Balaban J connectivity index is 2.18. The van der Waals surface area contributed by atoms with Gasteiger partial charge in [-0.2, -0.15) is 5.26 Å². The van der Waals surface area contributed by atoms with E-state index in [0.717, 1.165) is 0 Å². The molecular formula is C11H12N4O3. The largest absolute Gasteiger partial charge is 0.481 e. The van der Waals surface area contributed by atoms with Crippen molar-refractivity contribution in [3.8, 4) is 6.07 Å². The summed E-state index contributed by atoms with van der Waals surface area (Å²) >= 11 is 0. The van der Waals surface area contributed by atoms with E-state index in [0.29, 0.717) is 0 Å². The number of nitriles is 1. The number of carboxylic acid groups (broad SMARTS) is 1. The zero-order valence-corrected chi connectivity index (χ0v) is 9.75. The van der Waals surface area contributed by atoms with Gasteiger partial charge in [-0.25, -0.2) is 9.97 Å². The van der Waals surface area contributed by atoms with Crippen LogP contribution >= 0.6 is 0 Å². The highest BCUT2D eigenvalue weighted by atomic mass is 16.5. The maximum atomic E-state index is 11.2. The van der Waals surface area contributed by atoms with Crippen LogP contribution in [0.15, 0.2) is 12.3 Å². The standard InChI is InChI=1S/C11H12N4O3/c1-11(9(16)17)6-18-5-8(11)15-10-13-3-2-7(4-12)14-10/h2-3,8H,5-6H2,1H3,(H,16,17)(H,13,14,15). The van der Waals surface area contributed by atoms with E-state index in [2.05, 4.69) is 15.3 Å². The predicted molar refractivity (Wildman–Crippen MR) is 60.7 cm³/mol. The van der Waals surface area contributed by atoms with Gasteiger partial charge in [-0.15, -0.1) is 0 Å². The van der Waals surface area contributed by atoms with Gasteiger partial charge >= 0.3 is 5.97 Å². The Bertz CT molecular complexity index is 513. The van der Waals surface area contributed by atoms with Crippen LogP contribution in [0.3, 0.4) is 0 Å². The first kappa shape index (κ1) is 12.3. The van der Waals surface area contributed by atoms with E-state index in [9.17, 15) is 9.90 Å². The lowest BCUT2D eigenvalue weighted by molar-refractivity contribution is -0.148. The monoisotopic (exact) mass is 248 g/mol. The SMILES string of the molecule is CC1(C(=O)O)COCC1Nc1nccc(C#N)n1. The first-order valence-corrected chi connectivity index (χ1v) is 5.37. The highest BCUT2D eigenvalue weighted by Crippen LogP contribution is 2.30. The number of carboxylic acids is 1. The van der Waals surface area contributed by atoms with Crippen LogP contribution in [0.25, 0.3) is 0 Å². The van der Waals surface area contributed by atoms with Crippen molar-refractivity contribution < 1.29 is 14.6 Å². The van der Waals surface area contributed by atoms with Gasteiger partial charge in [0.2, 0.25) is 5.95 Å². The molecule has 0 radical (unpaired) electrons. The number of anilines is 1. The van der Waals surface area contributed by atoms with E-state index in [1.165, 1.54) is 12.3 Å². The fourth-order valence-electron chi connectivity index (χ4n) is 1.73. The van der Waals surface area contributed by atoms with Gasteiger partial charge < -0.3 is 15.2 Å². The van der Waals surface area contributed by atoms with E-state index in [1.54, 1.807) is 6.92 Å². The fraction of sp³-hybridized carbons (Fsp3) is 0.455. The lowest BCUT2D eigenvalue weighted by Crippen LogP contribution is -2.43. The van der Waals surface area contributed by atoms with Crippen LogP contribution < -0.4 is 5.32 Å². The van der Waals surface area contributed by atoms with Crippen molar-refractivity contribution in [1.82, 2.24) is 9.97 Å². The summed E-state index contributed by atoms with van der Waals surface area (Å²) in [6.45, 7) is 2.01. The molecule has 18 heavy (non-hydrogen) atoms. The molecule has 1 aliphatic heterocycles. The third-order valence-electron chi connectivity index (χ3n) is 3.02. The third kappa shape index (κ3) is 2.10. The number of nitrogens with one attached hydrogen (secondary N) is 1. The molecule has 0 aliphatic carbocycles. The number of rotatable bonds is 3. The summed E-state index contributed by atoms with van der Waals surface area (Å²) in [5.41, 5.74) is -0.796. The van der Waals surface area contributed by atoms with Gasteiger partial charge in [0, 0.05) is 6.20 Å². The first-order valence-electron chi connectivity index (χ1n) is 5.37. The summed E-state index contributed by atoms with van der Waals surface area (Å²) in [6, 6.07) is 2.95. The summed E-state index contributed by atoms with van der Waals surface area (Å²) < 4.78 is 5.20. The van der Waals surface area contributed by atoms with Gasteiger partial charge in [-0.3, -0.25) is 4.79 Å². The summed E-state index contributed by atoms with van der Waals surface area (Å²) in [6.07, 6.45) is 1.45. The number of ether oxygens (including phenoxy) is 1. The smallest absolute Gasteiger partial charge is 0.313 e. The third-order valence-corrected chi connectivity index (χ3v) is 3.02. The summed E-state index contributed by atoms with van der Waals surface area (Å²) in [5.74, 6) is -0.703. The van der Waals surface area contributed by atoms with Gasteiger partial charge in [0.25, 0.3) is 0 Å². The molecule has 0 aromatic carbocycles. The Morgan fingerprint density at radius 1 is 1.78 bits per heavy atom. The topological polar surface area (TPSA) is 108 Å². The van der Waals surface area contributed by atoms with Crippen LogP contribution in [0.4, 0.5) is 5.95 Å². The molecule has 94 valence electrons. The molecule has 1 aromatic rings. The van der Waals surface area contributed by atoms with Crippen molar-refractivity contribution in [2.24, 2.45) is 5.41 Å². The quantitative estimate of drug-likeness (QED) is 0.789. The molecular weight excluding hydrogens is 236 g/mol. The molecule has 0 saturated carbocycles. The van der Waals surface area contributed by atoms with Gasteiger partial charge in [0.15, 0.2) is 0 Å². The average Bonchev–Trinajstić information content (AvgIpc) is 2.73. The molecule has 0 amide bonds. The number of hydrogen-bond donors (Lipinski definition) is 2. The Morgan fingerprint density at radius 2 is 2.56 bits per heavy atom. The Morgan fingerprint density at radius 3 is 3.22 bits per heavy atom. The molecule has 1 saturated heterocycles. The molecule has 0 bridgehead atoms. The minimum Gasteiger partial charge on any atom is -0.481 e. The molecule has 7 nitrogen and oxygen atoms in total. The second-order valence-corrected chi connectivity index (χ2v) is 4.31. The number of aromatic nitrogens is 2. The van der Waals surface area contributed by atoms with Crippen molar-refractivity contribution in [3.63, 3.8) is 0 Å². The Hall–Kier alpha value is -2.20. The van der Waals surface area contributed by atoms with Crippen molar-refractivity contribution >= 4 is 11.9 Å². The molecule has 2 heterocycles. The Labute approximate surface area is 103 Å². The number of nitrogens with zero attached hydrogens (tertiary/aromatic N) is 3. The Kier molecular flexibility index (Phi) is 3.12. The summed E-state index contributed by atoms with van der Waals surface area (Å²) in [5, 5.41) is 20.8. The van der Waals surface area contributed by atoms with E-state index in [4.69, 9.17) is 10.00 Å². The van der Waals surface area contributed by atoms with Crippen LogP contribution in [-0.2, 0) is 9.53 Å². The van der Waals surface area contributed by atoms with Crippen LogP contribution in [0, 0.1) is 16.7 Å². The lowest BCUT2D eigenvalue weighted by Gasteiger charge is -2.25. The van der Waals surface area contributed by atoms with Gasteiger partial charge in [-0.05, 0) is 13.0 Å². The molecule has 1 aromatic heterocycles. The minimum absolute atomic E-state index is 0.137. The van der Waals surface area contributed by atoms with Gasteiger partial charge in [0.05, 0.1) is 19.3 Å². The van der Waals surface area contributed by atoms with Crippen LogP contribution in [0.5, 0.6) is 0 Å². The molecule has 2 atom stereocenters. The number of carbonyl (C=O) groups is 1. The molecule has 2 rings (SSSR count). The number of aliphatic carboxylic acids is 1. The van der Waals surface area contributed by atoms with E-state index >= 15 is 0 Å². The van der Waals surface area contributed by atoms with Gasteiger partial charge in [0.1, 0.15) is 17.2 Å². The molecule has 1 fully saturated rings. The van der Waals surface area contributed by atoms with Crippen molar-refractivity contribution in [2.75, 3.05) is 18.5 Å². The second-order valence-electron chi connectivity index (χ2n) is 4.31. The fourth-order valence-corrected chi connectivity index (χ4v) is 1.73.